The number of phenolic OH excluding ortho intramolecular Hbond substituents is 1. The van der Waals surface area contributed by atoms with Crippen molar-refractivity contribution in [3.63, 3.8) is 0 Å². The fourth-order valence-electron chi connectivity index (χ4n) is 7.38. The lowest BCUT2D eigenvalue weighted by Crippen LogP contribution is -2.63. The topological polar surface area (TPSA) is 464 Å². The third kappa shape index (κ3) is 24.0. The van der Waals surface area contributed by atoms with Gasteiger partial charge in [0.15, 0.2) is 5.96 Å². The fourth-order valence-corrected chi connectivity index (χ4v) is 7.38. The third-order valence-electron chi connectivity index (χ3n) is 12.0. The van der Waals surface area contributed by atoms with Gasteiger partial charge in [0.05, 0.1) is 25.2 Å². The average molecular weight is 1080 g/mol. The summed E-state index contributed by atoms with van der Waals surface area (Å²) in [5.41, 5.74) is 22.7. The summed E-state index contributed by atoms with van der Waals surface area (Å²) < 4.78 is 0. The van der Waals surface area contributed by atoms with Gasteiger partial charge in [-0.1, -0.05) is 73.9 Å². The molecule has 0 aliphatic rings. The Labute approximate surface area is 443 Å². The predicted octanol–water partition coefficient (Wildman–Crippen LogP) is -3.68. The molecule has 1 rings (SSSR count). The van der Waals surface area contributed by atoms with Crippen LogP contribution in [0.2, 0.25) is 0 Å². The standard InChI is InChI=1S/C49H83N13O14/c1-10-26(8)38(46(73)62-39(27(9)64)47(74)58-32(20-28-13-15-29(65)16-14-28)42(69)59-34(48(75)76)19-24(4)5)61-44(71)35(22-63)60-40(67)30(12-11-17-54-49(52)53)55-41(68)31(18-23(2)3)56-43(70)33(21-36(50)66)57-45(72)37(51)25(6)7/h13-16,23-27,30-35,37-39,63-65H,10-12,17-22,51H2,1-9H3,(H2,50,66)(H,55,68)(H,56,70)(H,57,72)(H,58,74)(H,59,69)(H,60,67)(H,61,71)(H,62,73)(H,75,76)(H4,52,53,54)/t26-,27+,30-,31-,32-,33-,34-,35-,37-,38-,39-/m0/s1. The van der Waals surface area contributed by atoms with Gasteiger partial charge in [0.2, 0.25) is 53.2 Å². The Hall–Kier alpha value is -7.13. The van der Waals surface area contributed by atoms with E-state index in [0.717, 1.165) is 0 Å². The van der Waals surface area contributed by atoms with Crippen molar-refractivity contribution in [3.8, 4) is 5.75 Å². The molecule has 0 radical (unpaired) electrons. The molecule has 0 aromatic heterocycles. The number of carbonyl (C=O) groups excluding carboxylic acids is 9. The second kappa shape index (κ2) is 33.0. The zero-order valence-electron chi connectivity index (χ0n) is 44.9. The van der Waals surface area contributed by atoms with Gasteiger partial charge >= 0.3 is 5.97 Å². The minimum Gasteiger partial charge on any atom is -0.508 e. The highest BCUT2D eigenvalue weighted by Gasteiger charge is 2.37. The number of rotatable bonds is 34. The molecule has 1 aromatic rings. The number of aliphatic hydroxyl groups excluding tert-OH is 2. The number of aromatic hydroxyl groups is 1. The van der Waals surface area contributed by atoms with Crippen LogP contribution < -0.4 is 65.5 Å². The van der Waals surface area contributed by atoms with E-state index in [9.17, 15) is 68.4 Å². The van der Waals surface area contributed by atoms with Crippen LogP contribution in [-0.2, 0) is 54.4 Å². The first-order chi connectivity index (χ1) is 35.4. The maximum absolute atomic E-state index is 14.1. The summed E-state index contributed by atoms with van der Waals surface area (Å²) in [5, 5.41) is 60.5. The number of aliphatic imine (C=N–C) groups is 1. The van der Waals surface area contributed by atoms with E-state index in [-0.39, 0.29) is 74.5 Å². The molecule has 0 aliphatic carbocycles. The van der Waals surface area contributed by atoms with Gasteiger partial charge in [-0.15, -0.1) is 0 Å². The zero-order valence-corrected chi connectivity index (χ0v) is 44.9. The summed E-state index contributed by atoms with van der Waals surface area (Å²) in [6.07, 6.45) is -2.28. The maximum atomic E-state index is 14.1. The predicted molar refractivity (Wildman–Crippen MR) is 279 cm³/mol. The highest BCUT2D eigenvalue weighted by molar-refractivity contribution is 5.99. The molecule has 0 saturated heterocycles. The van der Waals surface area contributed by atoms with Crippen molar-refractivity contribution in [2.45, 2.75) is 168 Å². The molecule has 0 fully saturated rings. The van der Waals surface area contributed by atoms with Crippen LogP contribution in [0.25, 0.3) is 0 Å². The number of benzene rings is 1. The van der Waals surface area contributed by atoms with Crippen LogP contribution in [0.5, 0.6) is 5.75 Å². The highest BCUT2D eigenvalue weighted by Crippen LogP contribution is 2.15. The molecule has 20 N–H and O–H groups in total. The monoisotopic (exact) mass is 1080 g/mol. The van der Waals surface area contributed by atoms with Crippen molar-refractivity contribution in [2.24, 2.45) is 51.6 Å². The van der Waals surface area contributed by atoms with Gasteiger partial charge in [0.25, 0.3) is 0 Å². The normalized spacial score (nSPS) is 15.6. The van der Waals surface area contributed by atoms with Gasteiger partial charge < -0.3 is 85.9 Å². The lowest BCUT2D eigenvalue weighted by atomic mass is 9.97. The van der Waals surface area contributed by atoms with Crippen molar-refractivity contribution < 1.29 is 68.4 Å². The van der Waals surface area contributed by atoms with E-state index >= 15 is 0 Å². The first kappa shape index (κ1) is 66.9. The first-order valence-corrected chi connectivity index (χ1v) is 25.2. The van der Waals surface area contributed by atoms with Crippen LogP contribution >= 0.6 is 0 Å². The molecule has 11 atom stereocenters. The second-order valence-electron chi connectivity index (χ2n) is 20.0. The highest BCUT2D eigenvalue weighted by atomic mass is 16.4. The Kier molecular flexibility index (Phi) is 29.1. The number of amides is 9. The number of nitrogens with one attached hydrogen (secondary N) is 8. The lowest BCUT2D eigenvalue weighted by molar-refractivity contribution is -0.143. The van der Waals surface area contributed by atoms with Crippen LogP contribution in [0, 0.1) is 23.7 Å². The average Bonchev–Trinajstić information content (AvgIpc) is 3.32. The molecule has 0 spiro atoms. The fraction of sp³-hybridized carbons (Fsp3) is 0.653. The number of guanidine groups is 1. The van der Waals surface area contributed by atoms with Gasteiger partial charge in [-0.05, 0) is 74.0 Å². The van der Waals surface area contributed by atoms with Gasteiger partial charge in [-0.25, -0.2) is 4.79 Å². The quantitative estimate of drug-likeness (QED) is 0.0180. The molecule has 27 nitrogen and oxygen atoms in total. The molecule has 9 amide bonds. The summed E-state index contributed by atoms with van der Waals surface area (Å²) in [5.74, 6) is -11.7. The third-order valence-corrected chi connectivity index (χ3v) is 12.0. The van der Waals surface area contributed by atoms with Gasteiger partial charge in [0.1, 0.15) is 54.1 Å². The van der Waals surface area contributed by atoms with E-state index < -0.39 is 139 Å². The van der Waals surface area contributed by atoms with E-state index in [1.54, 1.807) is 55.4 Å². The number of phenols is 1. The number of nitrogens with two attached hydrogens (primary N) is 4. The van der Waals surface area contributed by atoms with Crippen molar-refractivity contribution in [1.29, 1.82) is 0 Å². The minimum absolute atomic E-state index is 0.0116. The van der Waals surface area contributed by atoms with Gasteiger partial charge in [0, 0.05) is 13.0 Å². The SMILES string of the molecule is CC[C@H](C)[C@H](NC(=O)[C@H](CO)NC(=O)[C@H](CCCN=C(N)N)NC(=O)[C@H](CC(C)C)NC(=O)[C@H](CC(N)=O)NC(=O)[C@@H](N)C(C)C)C(=O)N[C@H](C(=O)N[C@@H](Cc1ccc(O)cc1)C(=O)N[C@@H](CC(C)C)C(=O)O)[C@@H](C)O. The molecule has 428 valence electrons. The number of nitrogens with zero attached hydrogens (tertiary/aromatic N) is 1. The molecular formula is C49H83N13O14. The number of aliphatic carboxylic acids is 1. The van der Waals surface area contributed by atoms with Crippen molar-refractivity contribution in [2.75, 3.05) is 13.2 Å². The largest absolute Gasteiger partial charge is 0.508 e. The van der Waals surface area contributed by atoms with Crippen LogP contribution in [0.3, 0.4) is 0 Å². The van der Waals surface area contributed by atoms with Crippen LogP contribution in [0.4, 0.5) is 0 Å². The van der Waals surface area contributed by atoms with Crippen LogP contribution in [0.1, 0.15) is 106 Å². The number of aliphatic hydroxyl groups is 2. The number of carboxylic acids is 1. The van der Waals surface area contributed by atoms with E-state index in [4.69, 9.17) is 22.9 Å². The smallest absolute Gasteiger partial charge is 0.326 e. The van der Waals surface area contributed by atoms with E-state index in [1.807, 2.05) is 0 Å². The summed E-state index contributed by atoms with van der Waals surface area (Å²) >= 11 is 0. The lowest BCUT2D eigenvalue weighted by Gasteiger charge is -2.30. The minimum atomic E-state index is -1.77. The summed E-state index contributed by atoms with van der Waals surface area (Å²) in [6, 6.07) is -7.63. The summed E-state index contributed by atoms with van der Waals surface area (Å²) in [6.45, 7) is 13.7. The molecule has 0 aliphatic heterocycles. The van der Waals surface area contributed by atoms with Crippen molar-refractivity contribution in [3.05, 3.63) is 29.8 Å². The Bertz CT molecular complexity index is 2150. The molecule has 76 heavy (non-hydrogen) atoms. The Morgan fingerprint density at radius 3 is 1.53 bits per heavy atom. The molecule has 0 heterocycles. The summed E-state index contributed by atoms with van der Waals surface area (Å²) in [4.78, 5) is 138. The van der Waals surface area contributed by atoms with Gasteiger partial charge in [-0.2, -0.15) is 0 Å². The number of carbonyl (C=O) groups is 10. The van der Waals surface area contributed by atoms with Crippen LogP contribution in [0.15, 0.2) is 29.3 Å². The Balaban J connectivity index is 3.49. The van der Waals surface area contributed by atoms with E-state index in [1.165, 1.54) is 31.2 Å². The van der Waals surface area contributed by atoms with Crippen LogP contribution in [-0.4, -0.2) is 159 Å². The molecular weight excluding hydrogens is 995 g/mol. The van der Waals surface area contributed by atoms with Gasteiger partial charge in [-0.3, -0.25) is 48.1 Å². The van der Waals surface area contributed by atoms with E-state index in [0.29, 0.717) is 5.56 Å². The van der Waals surface area contributed by atoms with Crippen molar-refractivity contribution >= 4 is 65.1 Å². The second-order valence-corrected chi connectivity index (χ2v) is 20.0. The molecule has 1 aromatic carbocycles. The molecule has 0 saturated carbocycles. The first-order valence-electron chi connectivity index (χ1n) is 25.2. The number of hydrogen-bond acceptors (Lipinski definition) is 15. The number of carboxylic acid groups (broad SMARTS) is 1. The Morgan fingerprint density at radius 2 is 1.03 bits per heavy atom. The Morgan fingerprint density at radius 1 is 0.579 bits per heavy atom. The molecule has 0 bridgehead atoms. The van der Waals surface area contributed by atoms with Crippen molar-refractivity contribution in [1.82, 2.24) is 42.5 Å². The zero-order chi connectivity index (χ0) is 58.1. The molecule has 0 unspecified atom stereocenters. The molecule has 27 heteroatoms. The summed E-state index contributed by atoms with van der Waals surface area (Å²) in [7, 11) is 0. The number of primary amides is 1. The maximum Gasteiger partial charge on any atom is 0.326 e. The number of hydrogen-bond donors (Lipinski definition) is 16. The van der Waals surface area contributed by atoms with E-state index in [2.05, 4.69) is 47.5 Å².